The number of anilines is 1. The number of halogens is 3. The Bertz CT molecular complexity index is 922. The molecule has 0 unspecified atom stereocenters. The Balaban J connectivity index is 1.91. The highest BCUT2D eigenvalue weighted by Crippen LogP contribution is 2.38. The molecular formula is C18H17Cl2FN4O2. The van der Waals surface area contributed by atoms with E-state index >= 15 is 0 Å². The molecule has 3 N–H and O–H groups in total. The fraction of sp³-hybridized carbons (Fsp3) is 0.278. The third kappa shape index (κ3) is 3.99. The van der Waals surface area contributed by atoms with Gasteiger partial charge in [0.05, 0.1) is 10.0 Å². The third-order valence-corrected chi connectivity index (χ3v) is 4.89. The van der Waals surface area contributed by atoms with Gasteiger partial charge in [-0.1, -0.05) is 30.1 Å². The largest absolute Gasteiger partial charge is 0.454 e. The molecule has 1 aliphatic rings. The Labute approximate surface area is 165 Å². The number of nitrogens with one attached hydrogen (secondary N) is 1. The molecule has 1 atom stereocenters. The Hall–Kier alpha value is -2.38. The second-order valence-corrected chi connectivity index (χ2v) is 6.90. The number of aliphatic imine (C=N–C) groups is 1. The Morgan fingerprint density at radius 3 is 2.85 bits per heavy atom. The second kappa shape index (κ2) is 7.70. The molecule has 0 saturated heterocycles. The van der Waals surface area contributed by atoms with Crippen molar-refractivity contribution in [3.05, 3.63) is 57.6 Å². The summed E-state index contributed by atoms with van der Waals surface area (Å²) in [4.78, 5) is 20.4. The van der Waals surface area contributed by atoms with Crippen LogP contribution in [-0.2, 0) is 10.3 Å². The van der Waals surface area contributed by atoms with E-state index in [1.807, 2.05) is 6.92 Å². The van der Waals surface area contributed by atoms with E-state index in [4.69, 9.17) is 33.7 Å². The zero-order chi connectivity index (χ0) is 19.6. The molecule has 1 amide bonds. The van der Waals surface area contributed by atoms with Gasteiger partial charge in [0.15, 0.2) is 0 Å². The van der Waals surface area contributed by atoms with Gasteiger partial charge in [0, 0.05) is 30.4 Å². The summed E-state index contributed by atoms with van der Waals surface area (Å²) in [5, 5.41) is 3.10. The molecule has 2 aromatic rings. The summed E-state index contributed by atoms with van der Waals surface area (Å²) in [6.07, 6.45) is 2.29. The number of hydrogen-bond acceptors (Lipinski definition) is 5. The lowest BCUT2D eigenvalue weighted by atomic mass is 9.86. The number of amidine groups is 1. The summed E-state index contributed by atoms with van der Waals surface area (Å²) in [6.45, 7) is 2.31. The highest BCUT2D eigenvalue weighted by atomic mass is 35.5. The smallest absolute Gasteiger partial charge is 0.282 e. The molecule has 9 heteroatoms. The monoisotopic (exact) mass is 410 g/mol. The molecular weight excluding hydrogens is 394 g/mol. The summed E-state index contributed by atoms with van der Waals surface area (Å²) >= 11 is 11.8. The Morgan fingerprint density at radius 2 is 2.19 bits per heavy atom. The van der Waals surface area contributed by atoms with Gasteiger partial charge in [-0.25, -0.2) is 14.4 Å². The normalized spacial score (nSPS) is 19.2. The van der Waals surface area contributed by atoms with Gasteiger partial charge in [0.25, 0.3) is 11.9 Å². The topological polar surface area (TPSA) is 89.6 Å². The molecule has 27 heavy (non-hydrogen) atoms. The number of nitrogens with two attached hydrogens (primary N) is 1. The number of carbonyl (C=O) groups is 1. The zero-order valence-electron chi connectivity index (χ0n) is 14.4. The van der Waals surface area contributed by atoms with E-state index < -0.39 is 17.3 Å². The fourth-order valence-electron chi connectivity index (χ4n) is 2.98. The third-order valence-electron chi connectivity index (χ3n) is 4.39. The average molecular weight is 411 g/mol. The number of carbonyl (C=O) groups excluding carboxylic acids is 1. The van der Waals surface area contributed by atoms with Gasteiger partial charge in [-0.2, -0.15) is 0 Å². The maximum absolute atomic E-state index is 14.6. The van der Waals surface area contributed by atoms with Gasteiger partial charge in [-0.05, 0) is 30.7 Å². The molecule has 0 saturated carbocycles. The first-order chi connectivity index (χ1) is 12.8. The molecule has 0 radical (unpaired) electrons. The summed E-state index contributed by atoms with van der Waals surface area (Å²) in [6, 6.07) is 5.69. The van der Waals surface area contributed by atoms with Crippen LogP contribution in [0.25, 0.3) is 0 Å². The molecule has 6 nitrogen and oxygen atoms in total. The number of pyridine rings is 1. The maximum atomic E-state index is 14.6. The number of aromatic nitrogens is 1. The lowest BCUT2D eigenvalue weighted by Gasteiger charge is -2.36. The number of amides is 1. The minimum Gasteiger partial charge on any atom is -0.454 e. The van der Waals surface area contributed by atoms with E-state index in [1.165, 1.54) is 30.5 Å². The SMILES string of the molecule is CC[C@@]1(c2cc(NC(=O)c3ncc(Cl)cc3Cl)ccc2F)CCN=C(N)O1. The number of rotatable bonds is 4. The molecule has 0 bridgehead atoms. The van der Waals surface area contributed by atoms with Gasteiger partial charge in [0.1, 0.15) is 17.1 Å². The standard InChI is InChI=1S/C18H17Cl2FN4O2/c1-2-18(5-6-23-17(22)27-18)12-8-11(3-4-14(12)21)25-16(26)15-13(20)7-10(19)9-24-15/h3-4,7-9H,2,5-6H2,1H3,(H2,22,23)(H,25,26)/t18-/m0/s1. The first-order valence-corrected chi connectivity index (χ1v) is 9.01. The zero-order valence-corrected chi connectivity index (χ0v) is 15.9. The number of nitrogens with zero attached hydrogens (tertiary/aromatic N) is 2. The van der Waals surface area contributed by atoms with Crippen LogP contribution >= 0.6 is 23.2 Å². The molecule has 3 rings (SSSR count). The molecule has 0 aliphatic carbocycles. The van der Waals surface area contributed by atoms with Crippen molar-refractivity contribution in [3.63, 3.8) is 0 Å². The van der Waals surface area contributed by atoms with E-state index in [0.717, 1.165) is 0 Å². The van der Waals surface area contributed by atoms with E-state index in [1.54, 1.807) is 0 Å². The molecule has 1 aromatic heterocycles. The van der Waals surface area contributed by atoms with Gasteiger partial charge in [-0.3, -0.25) is 4.79 Å². The molecule has 0 spiro atoms. The quantitative estimate of drug-likeness (QED) is 0.792. The average Bonchev–Trinajstić information content (AvgIpc) is 2.63. The van der Waals surface area contributed by atoms with Crippen molar-refractivity contribution in [2.75, 3.05) is 11.9 Å². The number of hydrogen-bond donors (Lipinski definition) is 2. The van der Waals surface area contributed by atoms with Crippen LogP contribution in [0, 0.1) is 5.82 Å². The molecule has 0 fully saturated rings. The molecule has 142 valence electrons. The van der Waals surface area contributed by atoms with Crippen molar-refractivity contribution < 1.29 is 13.9 Å². The van der Waals surface area contributed by atoms with Crippen LogP contribution in [0.3, 0.4) is 0 Å². The van der Waals surface area contributed by atoms with E-state index in [-0.39, 0.29) is 16.7 Å². The van der Waals surface area contributed by atoms with Gasteiger partial charge < -0.3 is 15.8 Å². The molecule has 1 aliphatic heterocycles. The lowest BCUT2D eigenvalue weighted by molar-refractivity contribution is 0.0248. The Kier molecular flexibility index (Phi) is 5.53. The summed E-state index contributed by atoms with van der Waals surface area (Å²) in [5.41, 5.74) is 5.46. The second-order valence-electron chi connectivity index (χ2n) is 6.05. The van der Waals surface area contributed by atoms with Gasteiger partial charge >= 0.3 is 0 Å². The van der Waals surface area contributed by atoms with E-state index in [2.05, 4.69) is 15.3 Å². The van der Waals surface area contributed by atoms with Crippen LogP contribution in [0.5, 0.6) is 0 Å². The summed E-state index contributed by atoms with van der Waals surface area (Å²) in [5.74, 6) is -0.988. The van der Waals surface area contributed by atoms with Crippen LogP contribution in [0.4, 0.5) is 10.1 Å². The van der Waals surface area contributed by atoms with E-state index in [0.29, 0.717) is 35.7 Å². The minimum atomic E-state index is -0.938. The van der Waals surface area contributed by atoms with E-state index in [9.17, 15) is 9.18 Å². The van der Waals surface area contributed by atoms with Crippen LogP contribution in [0.15, 0.2) is 35.5 Å². The summed E-state index contributed by atoms with van der Waals surface area (Å²) < 4.78 is 20.3. The van der Waals surface area contributed by atoms with Crippen molar-refractivity contribution in [3.8, 4) is 0 Å². The first-order valence-electron chi connectivity index (χ1n) is 8.26. The summed E-state index contributed by atoms with van der Waals surface area (Å²) in [7, 11) is 0. The van der Waals surface area contributed by atoms with Crippen molar-refractivity contribution in [2.24, 2.45) is 10.7 Å². The number of ether oxygens (including phenoxy) is 1. The highest BCUT2D eigenvalue weighted by Gasteiger charge is 2.38. The predicted octanol–water partition coefficient (Wildman–Crippen LogP) is 4.12. The van der Waals surface area contributed by atoms with Crippen LogP contribution in [-0.4, -0.2) is 23.5 Å². The number of benzene rings is 1. The van der Waals surface area contributed by atoms with Crippen molar-refractivity contribution in [2.45, 2.75) is 25.4 Å². The Morgan fingerprint density at radius 1 is 1.41 bits per heavy atom. The molecule has 2 heterocycles. The fourth-order valence-corrected chi connectivity index (χ4v) is 3.45. The van der Waals surface area contributed by atoms with Gasteiger partial charge in [-0.15, -0.1) is 0 Å². The van der Waals surface area contributed by atoms with Crippen molar-refractivity contribution >= 4 is 40.8 Å². The highest BCUT2D eigenvalue weighted by molar-refractivity contribution is 6.36. The van der Waals surface area contributed by atoms with Crippen molar-refractivity contribution in [1.29, 1.82) is 0 Å². The van der Waals surface area contributed by atoms with Crippen LogP contribution in [0.1, 0.15) is 35.8 Å². The molecule has 1 aromatic carbocycles. The lowest BCUT2D eigenvalue weighted by Crippen LogP contribution is -2.40. The predicted molar refractivity (Wildman–Crippen MR) is 103 cm³/mol. The van der Waals surface area contributed by atoms with Crippen LogP contribution < -0.4 is 11.1 Å². The first kappa shape index (κ1) is 19.4. The van der Waals surface area contributed by atoms with Crippen molar-refractivity contribution in [1.82, 2.24) is 4.98 Å². The maximum Gasteiger partial charge on any atom is 0.282 e. The van der Waals surface area contributed by atoms with Gasteiger partial charge in [0.2, 0.25) is 0 Å². The van der Waals surface area contributed by atoms with Crippen LogP contribution in [0.2, 0.25) is 10.0 Å². The minimum absolute atomic E-state index is 0.0161.